The van der Waals surface area contributed by atoms with Gasteiger partial charge in [0, 0.05) is 11.2 Å². The van der Waals surface area contributed by atoms with Crippen molar-refractivity contribution < 1.29 is 9.47 Å². The maximum Gasteiger partial charge on any atom is 0.162 e. The zero-order chi connectivity index (χ0) is 8.32. The third-order valence-electron chi connectivity index (χ3n) is 1.85. The second-order valence-electron chi connectivity index (χ2n) is 3.37. The fourth-order valence-corrected chi connectivity index (χ4v) is 1.70. The van der Waals surface area contributed by atoms with E-state index >= 15 is 0 Å². The summed E-state index contributed by atoms with van der Waals surface area (Å²) in [7, 11) is 0. The first kappa shape index (κ1) is 9.49. The lowest BCUT2D eigenvalue weighted by atomic mass is 10.2. The molecule has 1 fully saturated rings. The van der Waals surface area contributed by atoms with E-state index in [0.717, 1.165) is 25.0 Å². The normalized spacial score (nSPS) is 30.3. The molecular formula is C8H15BrO2. The Morgan fingerprint density at radius 3 is 2.82 bits per heavy atom. The first-order valence-corrected chi connectivity index (χ1v) is 5.10. The SMILES string of the molecule is CC1(C)OCC(CCBr)[14CH2]O1. The number of hydrogen-bond donors (Lipinski definition) is 0. The van der Waals surface area contributed by atoms with Crippen molar-refractivity contribution in [2.24, 2.45) is 5.92 Å². The lowest BCUT2D eigenvalue weighted by Gasteiger charge is -2.34. The molecule has 1 atom stereocenters. The Morgan fingerprint density at radius 2 is 2.36 bits per heavy atom. The molecule has 0 amide bonds. The van der Waals surface area contributed by atoms with Gasteiger partial charge in [-0.05, 0) is 20.3 Å². The van der Waals surface area contributed by atoms with Gasteiger partial charge in [0.05, 0.1) is 13.2 Å². The zero-order valence-electron chi connectivity index (χ0n) is 7.10. The van der Waals surface area contributed by atoms with Gasteiger partial charge in [0.2, 0.25) is 0 Å². The zero-order valence-corrected chi connectivity index (χ0v) is 8.69. The molecule has 0 saturated carbocycles. The van der Waals surface area contributed by atoms with Gasteiger partial charge in [0.25, 0.3) is 0 Å². The quantitative estimate of drug-likeness (QED) is 0.670. The summed E-state index contributed by atoms with van der Waals surface area (Å²) in [6.45, 7) is 5.58. The van der Waals surface area contributed by atoms with E-state index < -0.39 is 0 Å². The van der Waals surface area contributed by atoms with E-state index in [-0.39, 0.29) is 5.79 Å². The minimum Gasteiger partial charge on any atom is -0.350 e. The molecule has 1 saturated heterocycles. The summed E-state index contributed by atoms with van der Waals surface area (Å²) < 4.78 is 11.0. The van der Waals surface area contributed by atoms with Crippen molar-refractivity contribution >= 4 is 15.9 Å². The average molecular weight is 225 g/mol. The van der Waals surface area contributed by atoms with Crippen LogP contribution in [0.4, 0.5) is 0 Å². The van der Waals surface area contributed by atoms with Gasteiger partial charge >= 0.3 is 0 Å². The van der Waals surface area contributed by atoms with Crippen LogP contribution in [0.1, 0.15) is 20.3 Å². The Morgan fingerprint density at radius 1 is 1.64 bits per heavy atom. The van der Waals surface area contributed by atoms with Crippen molar-refractivity contribution in [2.75, 3.05) is 18.5 Å². The molecular weight excluding hydrogens is 210 g/mol. The predicted molar refractivity (Wildman–Crippen MR) is 47.9 cm³/mol. The highest BCUT2D eigenvalue weighted by molar-refractivity contribution is 9.09. The summed E-state index contributed by atoms with van der Waals surface area (Å²) >= 11 is 3.40. The Balaban J connectivity index is 2.25. The summed E-state index contributed by atoms with van der Waals surface area (Å²) in [4.78, 5) is 0. The van der Waals surface area contributed by atoms with Gasteiger partial charge in [0.15, 0.2) is 5.79 Å². The summed E-state index contributed by atoms with van der Waals surface area (Å²) in [5.41, 5.74) is 0. The third-order valence-corrected chi connectivity index (χ3v) is 2.31. The summed E-state index contributed by atoms with van der Waals surface area (Å²) in [5.74, 6) is 0.213. The number of alkyl halides is 1. The maximum absolute atomic E-state index is 5.49. The number of ether oxygens (including phenoxy) is 2. The van der Waals surface area contributed by atoms with Crippen LogP contribution in [0.15, 0.2) is 0 Å². The van der Waals surface area contributed by atoms with Crippen molar-refractivity contribution in [3.8, 4) is 0 Å². The second-order valence-corrected chi connectivity index (χ2v) is 4.16. The average Bonchev–Trinajstić information content (AvgIpc) is 1.94. The smallest absolute Gasteiger partial charge is 0.162 e. The molecule has 0 aromatic rings. The maximum atomic E-state index is 5.49. The topological polar surface area (TPSA) is 18.5 Å². The standard InChI is InChI=1S/C8H15BrO2/c1-8(2)10-5-7(3-4-9)6-11-8/h7H,3-6H2,1-2H3/i5+2. The highest BCUT2D eigenvalue weighted by Crippen LogP contribution is 2.22. The number of halogens is 1. The number of hydrogen-bond acceptors (Lipinski definition) is 2. The van der Waals surface area contributed by atoms with Crippen LogP contribution in [-0.4, -0.2) is 24.3 Å². The van der Waals surface area contributed by atoms with Gasteiger partial charge < -0.3 is 9.47 Å². The van der Waals surface area contributed by atoms with E-state index in [2.05, 4.69) is 15.9 Å². The first-order valence-electron chi connectivity index (χ1n) is 3.98. The highest BCUT2D eigenvalue weighted by atomic mass is 79.9. The van der Waals surface area contributed by atoms with Crippen LogP contribution in [0.3, 0.4) is 0 Å². The summed E-state index contributed by atoms with van der Waals surface area (Å²) in [5, 5.41) is 1.03. The van der Waals surface area contributed by atoms with Crippen molar-refractivity contribution in [2.45, 2.75) is 26.1 Å². The van der Waals surface area contributed by atoms with E-state index in [9.17, 15) is 0 Å². The monoisotopic (exact) mass is 224 g/mol. The van der Waals surface area contributed by atoms with Crippen LogP contribution in [0.5, 0.6) is 0 Å². The molecule has 2 nitrogen and oxygen atoms in total. The van der Waals surface area contributed by atoms with E-state index in [4.69, 9.17) is 9.47 Å². The van der Waals surface area contributed by atoms with Crippen LogP contribution < -0.4 is 0 Å². The van der Waals surface area contributed by atoms with Crippen molar-refractivity contribution in [1.82, 2.24) is 0 Å². The van der Waals surface area contributed by atoms with Gasteiger partial charge in [0.1, 0.15) is 0 Å². The molecule has 1 unspecified atom stereocenters. The lowest BCUT2D eigenvalue weighted by molar-refractivity contribution is -0.262. The molecule has 0 aromatic carbocycles. The molecule has 1 aliphatic heterocycles. The molecule has 3 heteroatoms. The highest BCUT2D eigenvalue weighted by Gasteiger charge is 2.27. The van der Waals surface area contributed by atoms with E-state index in [1.807, 2.05) is 13.8 Å². The predicted octanol–water partition coefficient (Wildman–Crippen LogP) is 2.17. The fourth-order valence-electron chi connectivity index (χ4n) is 1.05. The Labute approximate surface area is 76.4 Å². The molecule has 1 rings (SSSR count). The van der Waals surface area contributed by atoms with E-state index in [1.165, 1.54) is 0 Å². The Hall–Kier alpha value is 0.400. The van der Waals surface area contributed by atoms with Crippen LogP contribution in [0, 0.1) is 5.92 Å². The minimum absolute atomic E-state index is 0.358. The van der Waals surface area contributed by atoms with Crippen LogP contribution in [0.2, 0.25) is 0 Å². The molecule has 0 aromatic heterocycles. The van der Waals surface area contributed by atoms with Gasteiger partial charge in [-0.1, -0.05) is 15.9 Å². The van der Waals surface area contributed by atoms with Crippen molar-refractivity contribution in [3.63, 3.8) is 0 Å². The third kappa shape index (κ3) is 3.09. The molecule has 1 heterocycles. The number of rotatable bonds is 2. The van der Waals surface area contributed by atoms with E-state index in [1.54, 1.807) is 0 Å². The first-order chi connectivity index (χ1) is 5.14. The van der Waals surface area contributed by atoms with Gasteiger partial charge in [-0.15, -0.1) is 0 Å². The molecule has 0 N–H and O–H groups in total. The molecule has 1 aliphatic rings. The fraction of sp³-hybridized carbons (Fsp3) is 1.00. The lowest BCUT2D eigenvalue weighted by Crippen LogP contribution is -2.39. The summed E-state index contributed by atoms with van der Waals surface area (Å²) in [6, 6.07) is 0. The minimum atomic E-state index is -0.358. The van der Waals surface area contributed by atoms with Gasteiger partial charge in [-0.2, -0.15) is 0 Å². The van der Waals surface area contributed by atoms with Crippen molar-refractivity contribution in [1.29, 1.82) is 0 Å². The molecule has 0 aliphatic carbocycles. The molecule has 0 radical (unpaired) electrons. The summed E-state index contributed by atoms with van der Waals surface area (Å²) in [6.07, 6.45) is 1.14. The molecule has 66 valence electrons. The molecule has 0 spiro atoms. The largest absolute Gasteiger partial charge is 0.350 e. The molecule has 11 heavy (non-hydrogen) atoms. The van der Waals surface area contributed by atoms with Crippen LogP contribution >= 0.6 is 15.9 Å². The van der Waals surface area contributed by atoms with Crippen molar-refractivity contribution in [3.05, 3.63) is 0 Å². The van der Waals surface area contributed by atoms with Gasteiger partial charge in [-0.3, -0.25) is 0 Å². The molecule has 0 bridgehead atoms. The van der Waals surface area contributed by atoms with E-state index in [0.29, 0.717) is 5.92 Å². The Kier molecular flexibility index (Phi) is 3.34. The van der Waals surface area contributed by atoms with Crippen LogP contribution in [-0.2, 0) is 9.47 Å². The van der Waals surface area contributed by atoms with Crippen LogP contribution in [0.25, 0.3) is 0 Å². The van der Waals surface area contributed by atoms with Gasteiger partial charge in [-0.25, -0.2) is 0 Å². The Bertz CT molecular complexity index is 115. The second kappa shape index (κ2) is 3.87.